The lowest BCUT2D eigenvalue weighted by atomic mass is 10.1. The number of rotatable bonds is 5. The van der Waals surface area contributed by atoms with Crippen LogP contribution in [0.3, 0.4) is 0 Å². The van der Waals surface area contributed by atoms with E-state index in [2.05, 4.69) is 5.32 Å². The quantitative estimate of drug-likeness (QED) is 0.809. The van der Waals surface area contributed by atoms with Crippen molar-refractivity contribution >= 4 is 23.2 Å². The monoisotopic (exact) mass is 389 g/mol. The number of halogens is 4. The van der Waals surface area contributed by atoms with E-state index >= 15 is 0 Å². The second-order valence-electron chi connectivity index (χ2n) is 5.02. The minimum atomic E-state index is -4.69. The van der Waals surface area contributed by atoms with Crippen LogP contribution in [0.4, 0.5) is 18.9 Å². The van der Waals surface area contributed by atoms with Gasteiger partial charge in [-0.3, -0.25) is 4.79 Å². The molecule has 1 amide bonds. The van der Waals surface area contributed by atoms with E-state index in [-0.39, 0.29) is 28.5 Å². The lowest BCUT2D eigenvalue weighted by Gasteiger charge is -2.17. The van der Waals surface area contributed by atoms with Gasteiger partial charge in [0.15, 0.2) is 0 Å². The Morgan fingerprint density at radius 2 is 1.54 bits per heavy atom. The summed E-state index contributed by atoms with van der Waals surface area (Å²) in [7, 11) is 3.96. The number of ether oxygens (including phenoxy) is 3. The fourth-order valence-corrected chi connectivity index (χ4v) is 2.56. The van der Waals surface area contributed by atoms with Crippen LogP contribution in [0, 0.1) is 0 Å². The number of amides is 1. The van der Waals surface area contributed by atoms with Gasteiger partial charge in [0.1, 0.15) is 22.8 Å². The first-order valence-electron chi connectivity index (χ1n) is 7.20. The third-order valence-electron chi connectivity index (χ3n) is 3.50. The molecule has 0 fully saturated rings. The number of hydrogen-bond acceptors (Lipinski definition) is 4. The van der Waals surface area contributed by atoms with Crippen molar-refractivity contribution in [2.75, 3.05) is 26.6 Å². The highest BCUT2D eigenvalue weighted by Crippen LogP contribution is 2.41. The summed E-state index contributed by atoms with van der Waals surface area (Å²) in [5.74, 6) is -0.352. The van der Waals surface area contributed by atoms with Gasteiger partial charge in [-0.25, -0.2) is 0 Å². The van der Waals surface area contributed by atoms with Crippen molar-refractivity contribution in [2.24, 2.45) is 0 Å². The van der Waals surface area contributed by atoms with Gasteiger partial charge < -0.3 is 19.5 Å². The molecule has 9 heteroatoms. The summed E-state index contributed by atoms with van der Waals surface area (Å²) in [6.07, 6.45) is -4.69. The average molecular weight is 390 g/mol. The molecule has 1 N–H and O–H groups in total. The number of carbonyl (C=O) groups is 1. The number of anilines is 1. The molecule has 0 aliphatic heterocycles. The molecule has 0 saturated heterocycles. The Kier molecular flexibility index (Phi) is 5.86. The molecule has 2 rings (SSSR count). The van der Waals surface area contributed by atoms with Gasteiger partial charge in [0.05, 0.1) is 37.6 Å². The SMILES string of the molecule is COc1cc(Cl)c(C(F)(F)F)cc1NC(=O)c1c(OC)cccc1OC. The largest absolute Gasteiger partial charge is 0.496 e. The molecule has 0 spiro atoms. The average Bonchev–Trinajstić information content (AvgIpc) is 2.60. The van der Waals surface area contributed by atoms with Gasteiger partial charge >= 0.3 is 6.18 Å². The minimum Gasteiger partial charge on any atom is -0.496 e. The van der Waals surface area contributed by atoms with E-state index in [0.29, 0.717) is 6.07 Å². The number of methoxy groups -OCH3 is 3. The summed E-state index contributed by atoms with van der Waals surface area (Å²) in [6.45, 7) is 0. The van der Waals surface area contributed by atoms with Crippen LogP contribution in [-0.4, -0.2) is 27.2 Å². The molecule has 0 aliphatic carbocycles. The number of alkyl halides is 3. The van der Waals surface area contributed by atoms with Gasteiger partial charge in [-0.05, 0) is 18.2 Å². The van der Waals surface area contributed by atoms with Crippen LogP contribution < -0.4 is 19.5 Å². The molecule has 0 atom stereocenters. The fourth-order valence-electron chi connectivity index (χ4n) is 2.30. The lowest BCUT2D eigenvalue weighted by molar-refractivity contribution is -0.137. The molecule has 26 heavy (non-hydrogen) atoms. The van der Waals surface area contributed by atoms with E-state index in [0.717, 1.165) is 6.07 Å². The zero-order valence-corrected chi connectivity index (χ0v) is 14.8. The standard InChI is InChI=1S/C17H15ClF3NO4/c1-24-12-5-4-6-13(25-2)15(12)16(23)22-11-7-9(17(19,20)21)10(18)8-14(11)26-3/h4-8H,1-3H3,(H,22,23). The molecular formula is C17H15ClF3NO4. The molecule has 0 radical (unpaired) electrons. The van der Waals surface area contributed by atoms with Crippen molar-refractivity contribution in [3.63, 3.8) is 0 Å². The second kappa shape index (κ2) is 7.74. The molecule has 0 aliphatic rings. The van der Waals surface area contributed by atoms with Crippen molar-refractivity contribution < 1.29 is 32.2 Å². The zero-order chi connectivity index (χ0) is 19.5. The maximum absolute atomic E-state index is 13.1. The summed E-state index contributed by atoms with van der Waals surface area (Å²) < 4.78 is 54.5. The Bertz CT molecular complexity index is 802. The van der Waals surface area contributed by atoms with Crippen molar-refractivity contribution in [3.05, 3.63) is 46.5 Å². The Hall–Kier alpha value is -2.61. The molecular weight excluding hydrogens is 375 g/mol. The molecule has 2 aromatic rings. The lowest BCUT2D eigenvalue weighted by Crippen LogP contribution is -2.16. The van der Waals surface area contributed by atoms with Crippen molar-refractivity contribution in [1.29, 1.82) is 0 Å². The van der Waals surface area contributed by atoms with E-state index in [1.54, 1.807) is 6.07 Å². The molecule has 2 aromatic carbocycles. The summed E-state index contributed by atoms with van der Waals surface area (Å²) in [4.78, 5) is 12.6. The van der Waals surface area contributed by atoms with E-state index in [4.69, 9.17) is 25.8 Å². The number of nitrogens with one attached hydrogen (secondary N) is 1. The molecule has 0 unspecified atom stereocenters. The van der Waals surface area contributed by atoms with Crippen molar-refractivity contribution in [1.82, 2.24) is 0 Å². The van der Waals surface area contributed by atoms with Gasteiger partial charge in [-0.1, -0.05) is 17.7 Å². The van der Waals surface area contributed by atoms with Crippen LogP contribution in [0.1, 0.15) is 15.9 Å². The minimum absolute atomic E-state index is 0.0229. The van der Waals surface area contributed by atoms with E-state index < -0.39 is 22.7 Å². The first-order chi connectivity index (χ1) is 12.2. The molecule has 0 heterocycles. The third kappa shape index (κ3) is 3.96. The Morgan fingerprint density at radius 3 is 2.00 bits per heavy atom. The fraction of sp³-hybridized carbons (Fsp3) is 0.235. The number of benzene rings is 2. The zero-order valence-electron chi connectivity index (χ0n) is 14.0. The highest BCUT2D eigenvalue weighted by atomic mass is 35.5. The summed E-state index contributed by atoms with van der Waals surface area (Å²) >= 11 is 5.66. The van der Waals surface area contributed by atoms with Crippen LogP contribution in [-0.2, 0) is 6.18 Å². The Balaban J connectivity index is 2.50. The van der Waals surface area contributed by atoms with Gasteiger partial charge in [0.25, 0.3) is 5.91 Å². The van der Waals surface area contributed by atoms with Crippen LogP contribution in [0.25, 0.3) is 0 Å². The molecule has 0 saturated carbocycles. The predicted octanol–water partition coefficient (Wildman–Crippen LogP) is 4.64. The molecule has 0 aromatic heterocycles. The van der Waals surface area contributed by atoms with Crippen molar-refractivity contribution in [2.45, 2.75) is 6.18 Å². The summed E-state index contributed by atoms with van der Waals surface area (Å²) in [5.41, 5.74) is -1.26. The topological polar surface area (TPSA) is 56.8 Å². The van der Waals surface area contributed by atoms with Crippen LogP contribution in [0.5, 0.6) is 17.2 Å². The number of carbonyl (C=O) groups excluding carboxylic acids is 1. The Morgan fingerprint density at radius 1 is 1.00 bits per heavy atom. The van der Waals surface area contributed by atoms with E-state index in [9.17, 15) is 18.0 Å². The first kappa shape index (κ1) is 19.7. The van der Waals surface area contributed by atoms with Gasteiger partial charge in [0.2, 0.25) is 0 Å². The van der Waals surface area contributed by atoms with E-state index in [1.165, 1.54) is 33.5 Å². The van der Waals surface area contributed by atoms with Gasteiger partial charge in [-0.2, -0.15) is 13.2 Å². The van der Waals surface area contributed by atoms with Gasteiger partial charge in [-0.15, -0.1) is 0 Å². The Labute approximate surface area is 152 Å². The van der Waals surface area contributed by atoms with Gasteiger partial charge in [0, 0.05) is 6.07 Å². The predicted molar refractivity (Wildman–Crippen MR) is 90.5 cm³/mol. The first-order valence-corrected chi connectivity index (χ1v) is 7.57. The molecule has 5 nitrogen and oxygen atoms in total. The smallest absolute Gasteiger partial charge is 0.417 e. The number of hydrogen-bond donors (Lipinski definition) is 1. The second-order valence-corrected chi connectivity index (χ2v) is 5.43. The highest BCUT2D eigenvalue weighted by Gasteiger charge is 2.34. The third-order valence-corrected chi connectivity index (χ3v) is 3.81. The molecule has 140 valence electrons. The van der Waals surface area contributed by atoms with Crippen LogP contribution in [0.15, 0.2) is 30.3 Å². The van der Waals surface area contributed by atoms with Crippen LogP contribution >= 0.6 is 11.6 Å². The highest BCUT2D eigenvalue weighted by molar-refractivity contribution is 6.31. The van der Waals surface area contributed by atoms with Crippen molar-refractivity contribution in [3.8, 4) is 17.2 Å². The normalized spacial score (nSPS) is 11.0. The summed E-state index contributed by atoms with van der Waals surface area (Å²) in [5, 5.41) is 1.84. The maximum atomic E-state index is 13.1. The van der Waals surface area contributed by atoms with Crippen LogP contribution in [0.2, 0.25) is 5.02 Å². The van der Waals surface area contributed by atoms with E-state index in [1.807, 2.05) is 0 Å². The molecule has 0 bridgehead atoms. The summed E-state index contributed by atoms with van der Waals surface area (Å²) in [6, 6.07) is 6.36. The maximum Gasteiger partial charge on any atom is 0.417 e.